The Labute approximate surface area is 41.4 Å². The van der Waals surface area contributed by atoms with E-state index < -0.39 is 9.29 Å². The molecule has 0 amide bonds. The van der Waals surface area contributed by atoms with Gasteiger partial charge in [-0.05, 0) is 0 Å². The SMILES string of the molecule is O=[Si]=O.[O]=[Pd]. The van der Waals surface area contributed by atoms with Crippen molar-refractivity contribution in [1.82, 2.24) is 0 Å². The van der Waals surface area contributed by atoms with Crippen LogP contribution in [0.15, 0.2) is 0 Å². The molecule has 0 heterocycles. The average Bonchev–Trinajstić information content (AvgIpc) is 1.46. The second kappa shape index (κ2) is 28.1. The van der Waals surface area contributed by atoms with E-state index in [0.717, 1.165) is 0 Å². The number of rotatable bonds is 0. The van der Waals surface area contributed by atoms with Gasteiger partial charge in [-0.25, -0.2) is 0 Å². The number of hydrogen-bond donors (Lipinski definition) is 0. The normalized spacial score (nSPS) is 2.80. The minimum atomic E-state index is -1.42. The summed E-state index contributed by atoms with van der Waals surface area (Å²) in [7, 11) is -1.42. The Hall–Kier alpha value is 0.279. The Kier molecular flexibility index (Phi) is 50.6. The van der Waals surface area contributed by atoms with Crippen molar-refractivity contribution in [1.29, 1.82) is 0 Å². The third kappa shape index (κ3) is 285. The second-order valence-electron chi connectivity index (χ2n) is 0.0833. The van der Waals surface area contributed by atoms with Crippen LogP contribution in [0.3, 0.4) is 0 Å². The van der Waals surface area contributed by atoms with Crippen molar-refractivity contribution in [3.8, 4) is 0 Å². The fourth-order valence-electron chi connectivity index (χ4n) is 0. The predicted octanol–water partition coefficient (Wildman–Crippen LogP) is -0.740. The molecule has 0 aromatic rings. The van der Waals surface area contributed by atoms with Crippen LogP contribution < -0.4 is 0 Å². The monoisotopic (exact) mass is 182 g/mol. The summed E-state index contributed by atoms with van der Waals surface area (Å²) in [5.41, 5.74) is 0. The molecule has 0 radical (unpaired) electrons. The van der Waals surface area contributed by atoms with Crippen LogP contribution in [0.25, 0.3) is 0 Å². The van der Waals surface area contributed by atoms with E-state index in [0.29, 0.717) is 0 Å². The van der Waals surface area contributed by atoms with Crippen LogP contribution in [0, 0.1) is 0 Å². The van der Waals surface area contributed by atoms with Crippen molar-refractivity contribution < 1.29 is 31.6 Å². The third-order valence-corrected chi connectivity index (χ3v) is 0. The molecule has 0 bridgehead atoms. The first-order valence-corrected chi connectivity index (χ1v) is 1.99. The van der Waals surface area contributed by atoms with Gasteiger partial charge in [0.05, 0.1) is 0 Å². The molecule has 3 nitrogen and oxygen atoms in total. The summed E-state index contributed by atoms with van der Waals surface area (Å²) in [5.74, 6) is 0. The summed E-state index contributed by atoms with van der Waals surface area (Å²) in [4.78, 5) is 0. The van der Waals surface area contributed by atoms with E-state index in [9.17, 15) is 0 Å². The van der Waals surface area contributed by atoms with E-state index in [4.69, 9.17) is 12.4 Å². The molecular weight excluding hydrogens is 183 g/mol. The first kappa shape index (κ1) is 8.99. The molecule has 5 heavy (non-hydrogen) atoms. The quantitative estimate of drug-likeness (QED) is 0.464. The van der Waals surface area contributed by atoms with E-state index in [-0.39, 0.29) is 0 Å². The van der Waals surface area contributed by atoms with Crippen LogP contribution >= 0.6 is 0 Å². The molecular formula is O3PdSi. The molecule has 0 aliphatic carbocycles. The molecule has 0 aliphatic heterocycles. The summed E-state index contributed by atoms with van der Waals surface area (Å²) in [5, 5.41) is 0. The van der Waals surface area contributed by atoms with Gasteiger partial charge in [0.15, 0.2) is 0 Å². The number of hydrogen-bond acceptors (Lipinski definition) is 3. The zero-order valence-electron chi connectivity index (χ0n) is 2.04. The molecule has 0 aromatic heterocycles. The van der Waals surface area contributed by atoms with Gasteiger partial charge in [-0.1, -0.05) is 0 Å². The van der Waals surface area contributed by atoms with E-state index in [1.165, 1.54) is 19.2 Å². The fourth-order valence-corrected chi connectivity index (χ4v) is 0. The molecule has 5 heteroatoms. The molecule has 0 fully saturated rings. The van der Waals surface area contributed by atoms with Crippen LogP contribution in [0.1, 0.15) is 0 Å². The van der Waals surface area contributed by atoms with E-state index in [2.05, 4.69) is 0 Å². The van der Waals surface area contributed by atoms with Gasteiger partial charge in [-0.3, -0.25) is 8.92 Å². The Balaban J connectivity index is 0. The predicted molar refractivity (Wildman–Crippen MR) is 7.81 cm³/mol. The van der Waals surface area contributed by atoms with Crippen LogP contribution in [0.5, 0.6) is 0 Å². The van der Waals surface area contributed by atoms with Crippen LogP contribution in [0.4, 0.5) is 0 Å². The Bertz CT molecular complexity index is 36.2. The van der Waals surface area contributed by atoms with Gasteiger partial charge < -0.3 is 0 Å². The average molecular weight is 183 g/mol. The van der Waals surface area contributed by atoms with Crippen molar-refractivity contribution >= 4 is 9.29 Å². The summed E-state index contributed by atoms with van der Waals surface area (Å²) in [6.45, 7) is 0. The summed E-state index contributed by atoms with van der Waals surface area (Å²) >= 11 is 1.50. The summed E-state index contributed by atoms with van der Waals surface area (Å²) in [6, 6.07) is 0. The van der Waals surface area contributed by atoms with Crippen LogP contribution in [-0.2, 0) is 31.6 Å². The molecule has 0 rings (SSSR count). The van der Waals surface area contributed by atoms with Gasteiger partial charge in [0.1, 0.15) is 0 Å². The molecule has 0 aromatic carbocycles. The van der Waals surface area contributed by atoms with Crippen molar-refractivity contribution in [3.63, 3.8) is 0 Å². The topological polar surface area (TPSA) is 51.2 Å². The summed E-state index contributed by atoms with van der Waals surface area (Å²) < 4.78 is 24.9. The molecule has 0 atom stereocenters. The van der Waals surface area contributed by atoms with E-state index >= 15 is 0 Å². The van der Waals surface area contributed by atoms with Gasteiger partial charge in [0.25, 0.3) is 0 Å². The zero-order chi connectivity index (χ0) is 4.71. The van der Waals surface area contributed by atoms with Gasteiger partial charge in [0, 0.05) is 0 Å². The second-order valence-corrected chi connectivity index (χ2v) is 0.250. The first-order valence-electron chi connectivity index (χ1n) is 0.537. The standard InChI is InChI=1S/O2Si.O.Pd/c1-3-2;;. The van der Waals surface area contributed by atoms with E-state index in [1.54, 1.807) is 0 Å². The third-order valence-electron chi connectivity index (χ3n) is 0. The maximum atomic E-state index is 8.40. The Morgan fingerprint density at radius 3 is 1.20 bits per heavy atom. The van der Waals surface area contributed by atoms with E-state index in [1.807, 2.05) is 0 Å². The molecule has 0 saturated carbocycles. The molecule has 0 unspecified atom stereocenters. The van der Waals surface area contributed by atoms with Gasteiger partial charge in [-0.2, -0.15) is 0 Å². The molecule has 0 saturated heterocycles. The van der Waals surface area contributed by atoms with Crippen molar-refractivity contribution in [2.24, 2.45) is 0 Å². The molecule has 0 N–H and O–H groups in total. The minimum absolute atomic E-state index is 1.42. The molecule has 0 aliphatic rings. The van der Waals surface area contributed by atoms with Gasteiger partial charge in [-0.15, -0.1) is 0 Å². The Morgan fingerprint density at radius 1 is 1.20 bits per heavy atom. The molecule has 0 spiro atoms. The zero-order valence-corrected chi connectivity index (χ0v) is 4.60. The Morgan fingerprint density at radius 2 is 1.20 bits per heavy atom. The van der Waals surface area contributed by atoms with Crippen molar-refractivity contribution in [3.05, 3.63) is 0 Å². The van der Waals surface area contributed by atoms with Gasteiger partial charge in [0.2, 0.25) is 0 Å². The van der Waals surface area contributed by atoms with Crippen LogP contribution in [-0.4, -0.2) is 9.29 Å². The maximum absolute atomic E-state index is 8.40. The molecule has 32 valence electrons. The van der Waals surface area contributed by atoms with Crippen LogP contribution in [0.2, 0.25) is 0 Å². The summed E-state index contributed by atoms with van der Waals surface area (Å²) in [6.07, 6.45) is 0. The van der Waals surface area contributed by atoms with Gasteiger partial charge >= 0.3 is 31.9 Å². The fraction of sp³-hybridized carbons (Fsp3) is 0. The first-order chi connectivity index (χ1) is 2.41. The van der Waals surface area contributed by atoms with Crippen molar-refractivity contribution in [2.45, 2.75) is 0 Å². The van der Waals surface area contributed by atoms with Crippen molar-refractivity contribution in [2.75, 3.05) is 0 Å².